The van der Waals surface area contributed by atoms with Gasteiger partial charge < -0.3 is 5.11 Å². The van der Waals surface area contributed by atoms with E-state index in [1.54, 1.807) is 20.0 Å². The molecule has 0 fully saturated rings. The summed E-state index contributed by atoms with van der Waals surface area (Å²) in [5.74, 6) is -0.899. The number of aliphatic carboxylic acids is 1. The Bertz CT molecular complexity index is 341. The number of carboxylic acid groups (broad SMARTS) is 1. The zero-order valence-electron chi connectivity index (χ0n) is 7.56. The molecule has 0 saturated carbocycles. The van der Waals surface area contributed by atoms with Crippen LogP contribution < -0.4 is 0 Å². The summed E-state index contributed by atoms with van der Waals surface area (Å²) in [6.07, 6.45) is 3.58. The standard InChI is InChI=1S/C8H11N3O2/c1-3-6(8(12)13)4-7-5-9-10-11(7)2/h4-5H,3H2,1-2H3,(H,12,13)/b6-4+. The van der Waals surface area contributed by atoms with E-state index < -0.39 is 5.97 Å². The zero-order chi connectivity index (χ0) is 9.84. The maximum atomic E-state index is 10.6. The van der Waals surface area contributed by atoms with Crippen molar-refractivity contribution in [2.75, 3.05) is 0 Å². The van der Waals surface area contributed by atoms with Crippen molar-refractivity contribution in [2.24, 2.45) is 7.05 Å². The average molecular weight is 181 g/mol. The van der Waals surface area contributed by atoms with Gasteiger partial charge in [-0.25, -0.2) is 9.48 Å². The highest BCUT2D eigenvalue weighted by Crippen LogP contribution is 2.07. The molecule has 1 heterocycles. The van der Waals surface area contributed by atoms with Crippen molar-refractivity contribution in [3.8, 4) is 0 Å². The molecule has 70 valence electrons. The molecule has 0 atom stereocenters. The zero-order valence-corrected chi connectivity index (χ0v) is 7.56. The Hall–Kier alpha value is -1.65. The minimum absolute atomic E-state index is 0.352. The Morgan fingerprint density at radius 3 is 2.85 bits per heavy atom. The highest BCUT2D eigenvalue weighted by Gasteiger charge is 2.05. The Balaban J connectivity index is 2.98. The molecule has 0 saturated heterocycles. The Morgan fingerprint density at radius 1 is 1.77 bits per heavy atom. The largest absolute Gasteiger partial charge is 0.478 e. The molecule has 0 radical (unpaired) electrons. The van der Waals surface area contributed by atoms with Gasteiger partial charge in [0.1, 0.15) is 0 Å². The first-order valence-electron chi connectivity index (χ1n) is 3.93. The molecule has 1 aromatic heterocycles. The van der Waals surface area contributed by atoms with Crippen molar-refractivity contribution < 1.29 is 9.90 Å². The minimum atomic E-state index is -0.899. The van der Waals surface area contributed by atoms with Crippen molar-refractivity contribution in [1.82, 2.24) is 15.0 Å². The first-order valence-corrected chi connectivity index (χ1v) is 3.93. The summed E-state index contributed by atoms with van der Waals surface area (Å²) >= 11 is 0. The van der Waals surface area contributed by atoms with E-state index in [0.717, 1.165) is 0 Å². The van der Waals surface area contributed by atoms with Gasteiger partial charge in [0, 0.05) is 12.6 Å². The van der Waals surface area contributed by atoms with E-state index in [4.69, 9.17) is 5.11 Å². The topological polar surface area (TPSA) is 68.0 Å². The second-order valence-electron chi connectivity index (χ2n) is 2.61. The molecule has 0 aliphatic carbocycles. The molecule has 5 heteroatoms. The van der Waals surface area contributed by atoms with Crippen LogP contribution in [0.2, 0.25) is 0 Å². The van der Waals surface area contributed by atoms with Gasteiger partial charge in [-0.15, -0.1) is 5.10 Å². The van der Waals surface area contributed by atoms with Gasteiger partial charge in [-0.2, -0.15) is 0 Å². The predicted molar refractivity (Wildman–Crippen MR) is 46.9 cm³/mol. The lowest BCUT2D eigenvalue weighted by Gasteiger charge is -1.97. The number of hydrogen-bond donors (Lipinski definition) is 1. The fraction of sp³-hybridized carbons (Fsp3) is 0.375. The summed E-state index contributed by atoms with van der Waals surface area (Å²) in [7, 11) is 1.72. The Morgan fingerprint density at radius 2 is 2.46 bits per heavy atom. The van der Waals surface area contributed by atoms with Crippen LogP contribution in [0.3, 0.4) is 0 Å². The van der Waals surface area contributed by atoms with Crippen molar-refractivity contribution in [2.45, 2.75) is 13.3 Å². The molecule has 0 spiro atoms. The SMILES string of the molecule is CC/C(=C\c1cnnn1C)C(=O)O. The first-order chi connectivity index (χ1) is 6.15. The van der Waals surface area contributed by atoms with Gasteiger partial charge >= 0.3 is 5.97 Å². The van der Waals surface area contributed by atoms with Crippen LogP contribution in [-0.4, -0.2) is 26.1 Å². The van der Waals surface area contributed by atoms with Gasteiger partial charge in [-0.3, -0.25) is 0 Å². The predicted octanol–water partition coefficient (Wildman–Crippen LogP) is 0.693. The van der Waals surface area contributed by atoms with Crippen LogP contribution in [0.25, 0.3) is 6.08 Å². The summed E-state index contributed by atoms with van der Waals surface area (Å²) in [6.45, 7) is 1.80. The van der Waals surface area contributed by atoms with Crippen LogP contribution >= 0.6 is 0 Å². The van der Waals surface area contributed by atoms with Gasteiger partial charge in [0.25, 0.3) is 0 Å². The summed E-state index contributed by atoms with van der Waals surface area (Å²) in [5, 5.41) is 16.1. The molecule has 1 rings (SSSR count). The highest BCUT2D eigenvalue weighted by atomic mass is 16.4. The number of aryl methyl sites for hydroxylation is 1. The quantitative estimate of drug-likeness (QED) is 0.697. The number of carbonyl (C=O) groups is 1. The highest BCUT2D eigenvalue weighted by molar-refractivity contribution is 5.91. The van der Waals surface area contributed by atoms with Crippen molar-refractivity contribution in [3.63, 3.8) is 0 Å². The summed E-state index contributed by atoms with van der Waals surface area (Å²) in [4.78, 5) is 10.6. The molecule has 5 nitrogen and oxygen atoms in total. The van der Waals surface area contributed by atoms with Crippen molar-refractivity contribution in [3.05, 3.63) is 17.5 Å². The molecular weight excluding hydrogens is 170 g/mol. The average Bonchev–Trinajstić information content (AvgIpc) is 2.46. The lowest BCUT2D eigenvalue weighted by molar-refractivity contribution is -0.132. The number of nitrogens with zero attached hydrogens (tertiary/aromatic N) is 3. The molecule has 0 aromatic carbocycles. The van der Waals surface area contributed by atoms with E-state index in [9.17, 15) is 4.79 Å². The lowest BCUT2D eigenvalue weighted by atomic mass is 10.2. The summed E-state index contributed by atoms with van der Waals surface area (Å²) in [6, 6.07) is 0. The van der Waals surface area contributed by atoms with Gasteiger partial charge in [0.15, 0.2) is 0 Å². The van der Waals surface area contributed by atoms with E-state index in [2.05, 4.69) is 10.3 Å². The van der Waals surface area contributed by atoms with Gasteiger partial charge in [0.05, 0.1) is 11.9 Å². The molecule has 0 amide bonds. The van der Waals surface area contributed by atoms with Gasteiger partial charge in [-0.1, -0.05) is 12.1 Å². The van der Waals surface area contributed by atoms with E-state index >= 15 is 0 Å². The second-order valence-corrected chi connectivity index (χ2v) is 2.61. The minimum Gasteiger partial charge on any atom is -0.478 e. The third-order valence-corrected chi connectivity index (χ3v) is 1.73. The molecular formula is C8H11N3O2. The van der Waals surface area contributed by atoms with Gasteiger partial charge in [0.2, 0.25) is 0 Å². The number of carboxylic acids is 1. The lowest BCUT2D eigenvalue weighted by Crippen LogP contribution is -2.00. The number of hydrogen-bond acceptors (Lipinski definition) is 3. The molecule has 0 unspecified atom stereocenters. The van der Waals surface area contributed by atoms with Crippen LogP contribution in [0.1, 0.15) is 19.0 Å². The fourth-order valence-electron chi connectivity index (χ4n) is 0.922. The molecule has 13 heavy (non-hydrogen) atoms. The number of rotatable bonds is 3. The van der Waals surface area contributed by atoms with E-state index in [0.29, 0.717) is 17.7 Å². The Kier molecular flexibility index (Phi) is 2.79. The van der Waals surface area contributed by atoms with Crippen LogP contribution in [0.5, 0.6) is 0 Å². The van der Waals surface area contributed by atoms with Crippen molar-refractivity contribution in [1.29, 1.82) is 0 Å². The second kappa shape index (κ2) is 3.84. The molecule has 0 bridgehead atoms. The molecule has 0 aliphatic rings. The monoisotopic (exact) mass is 181 g/mol. The molecule has 1 N–H and O–H groups in total. The van der Waals surface area contributed by atoms with Gasteiger partial charge in [-0.05, 0) is 12.5 Å². The van der Waals surface area contributed by atoms with Crippen LogP contribution in [0.15, 0.2) is 11.8 Å². The van der Waals surface area contributed by atoms with Crippen LogP contribution in [-0.2, 0) is 11.8 Å². The van der Waals surface area contributed by atoms with Crippen molar-refractivity contribution >= 4 is 12.0 Å². The number of aromatic nitrogens is 3. The maximum absolute atomic E-state index is 10.6. The maximum Gasteiger partial charge on any atom is 0.331 e. The van der Waals surface area contributed by atoms with Crippen LogP contribution in [0.4, 0.5) is 0 Å². The third-order valence-electron chi connectivity index (χ3n) is 1.73. The summed E-state index contributed by atoms with van der Waals surface area (Å²) < 4.78 is 1.53. The summed E-state index contributed by atoms with van der Waals surface area (Å²) in [5.41, 5.74) is 1.05. The van der Waals surface area contributed by atoms with E-state index in [1.807, 2.05) is 0 Å². The molecule has 0 aliphatic heterocycles. The smallest absolute Gasteiger partial charge is 0.331 e. The molecule has 1 aromatic rings. The van der Waals surface area contributed by atoms with Crippen LogP contribution in [0, 0.1) is 0 Å². The first kappa shape index (κ1) is 9.44. The normalized spacial score (nSPS) is 11.7. The van der Waals surface area contributed by atoms with E-state index in [-0.39, 0.29) is 0 Å². The third kappa shape index (κ3) is 2.14. The fourth-order valence-corrected chi connectivity index (χ4v) is 0.922. The Labute approximate surface area is 75.7 Å². The van der Waals surface area contributed by atoms with E-state index in [1.165, 1.54) is 10.9 Å².